The van der Waals surface area contributed by atoms with Crippen molar-refractivity contribution < 1.29 is 19.4 Å². The predicted molar refractivity (Wildman–Crippen MR) is 43.8 cm³/mol. The molecule has 1 aliphatic rings. The zero-order valence-electron chi connectivity index (χ0n) is 7.52. The molecule has 0 aromatic rings. The summed E-state index contributed by atoms with van der Waals surface area (Å²) >= 11 is 0. The maximum absolute atomic E-state index is 11.1. The normalized spacial score (nSPS) is 22.2. The maximum atomic E-state index is 11.1. The predicted octanol–water partition coefficient (Wildman–Crippen LogP) is -0.857. The van der Waals surface area contributed by atoms with Gasteiger partial charge in [-0.05, 0) is 13.3 Å². The van der Waals surface area contributed by atoms with Crippen molar-refractivity contribution >= 4 is 11.9 Å². The van der Waals surface area contributed by atoms with Gasteiger partial charge in [0, 0.05) is 6.54 Å². The highest BCUT2D eigenvalue weighted by atomic mass is 16.5. The molecule has 0 bridgehead atoms. The van der Waals surface area contributed by atoms with E-state index in [1.165, 1.54) is 4.90 Å². The largest absolute Gasteiger partial charge is 0.465 e. The van der Waals surface area contributed by atoms with Crippen LogP contribution in [0.5, 0.6) is 0 Å². The Bertz CT molecular complexity index is 216. The molecule has 1 unspecified atom stereocenters. The average Bonchev–Trinajstić information content (AvgIpc) is 2.37. The van der Waals surface area contributed by atoms with Gasteiger partial charge in [-0.2, -0.15) is 0 Å². The van der Waals surface area contributed by atoms with E-state index in [1.807, 2.05) is 0 Å². The first-order valence-corrected chi connectivity index (χ1v) is 4.27. The fourth-order valence-corrected chi connectivity index (χ4v) is 1.24. The highest BCUT2D eigenvalue weighted by Crippen LogP contribution is 2.09. The summed E-state index contributed by atoms with van der Waals surface area (Å²) in [5, 5.41) is 9.07. The van der Waals surface area contributed by atoms with Crippen LogP contribution in [0.1, 0.15) is 13.3 Å². The Morgan fingerprint density at radius 3 is 2.92 bits per heavy atom. The number of hydrogen-bond donors (Lipinski definition) is 1. The van der Waals surface area contributed by atoms with Crippen LogP contribution in [0.4, 0.5) is 0 Å². The Morgan fingerprint density at radius 2 is 2.46 bits per heavy atom. The second kappa shape index (κ2) is 4.23. The van der Waals surface area contributed by atoms with Crippen LogP contribution in [0.15, 0.2) is 0 Å². The van der Waals surface area contributed by atoms with Crippen molar-refractivity contribution in [1.29, 1.82) is 0 Å². The van der Waals surface area contributed by atoms with Gasteiger partial charge in [-0.15, -0.1) is 0 Å². The van der Waals surface area contributed by atoms with Gasteiger partial charge in [-0.25, -0.2) is 0 Å². The first-order valence-electron chi connectivity index (χ1n) is 4.27. The van der Waals surface area contributed by atoms with Gasteiger partial charge in [0.25, 0.3) is 5.91 Å². The monoisotopic (exact) mass is 187 g/mol. The Labute approximate surface area is 76.3 Å². The highest BCUT2D eigenvalue weighted by molar-refractivity contribution is 5.86. The molecule has 1 fully saturated rings. The minimum atomic E-state index is -0.936. The molecule has 5 heteroatoms. The van der Waals surface area contributed by atoms with Crippen LogP contribution in [0, 0.1) is 0 Å². The molecule has 1 N–H and O–H groups in total. The van der Waals surface area contributed by atoms with E-state index in [0.29, 0.717) is 19.6 Å². The molecule has 1 saturated heterocycles. The second-order valence-electron chi connectivity index (χ2n) is 2.87. The van der Waals surface area contributed by atoms with Crippen molar-refractivity contribution in [3.05, 3.63) is 0 Å². The fourth-order valence-electron chi connectivity index (χ4n) is 1.24. The van der Waals surface area contributed by atoms with Gasteiger partial charge in [-0.3, -0.25) is 9.59 Å². The van der Waals surface area contributed by atoms with Crippen LogP contribution < -0.4 is 0 Å². The lowest BCUT2D eigenvalue weighted by Crippen LogP contribution is -2.34. The third-order valence-corrected chi connectivity index (χ3v) is 1.89. The first kappa shape index (κ1) is 9.98. The van der Waals surface area contributed by atoms with Gasteiger partial charge in [0.05, 0.1) is 6.61 Å². The number of hydrogen-bond acceptors (Lipinski definition) is 4. The quantitative estimate of drug-likeness (QED) is 0.584. The van der Waals surface area contributed by atoms with E-state index in [0.717, 1.165) is 0 Å². The van der Waals surface area contributed by atoms with Crippen molar-refractivity contribution in [1.82, 2.24) is 4.90 Å². The summed E-state index contributed by atoms with van der Waals surface area (Å²) in [4.78, 5) is 23.4. The summed E-state index contributed by atoms with van der Waals surface area (Å²) < 4.78 is 4.67. The molecule has 1 aliphatic heterocycles. The Hall–Kier alpha value is -1.10. The van der Waals surface area contributed by atoms with Gasteiger partial charge in [0.15, 0.2) is 0 Å². The van der Waals surface area contributed by atoms with Crippen LogP contribution in [-0.4, -0.2) is 47.7 Å². The molecule has 74 valence electrons. The van der Waals surface area contributed by atoms with Crippen LogP contribution in [0.25, 0.3) is 0 Å². The number of carbonyl (C=O) groups excluding carboxylic acids is 2. The summed E-state index contributed by atoms with van der Waals surface area (Å²) in [6.45, 7) is 2.39. The van der Waals surface area contributed by atoms with E-state index in [1.54, 1.807) is 6.92 Å². The minimum absolute atomic E-state index is 0.0519. The van der Waals surface area contributed by atoms with Crippen LogP contribution in [0.3, 0.4) is 0 Å². The summed E-state index contributed by atoms with van der Waals surface area (Å²) in [5.74, 6) is -0.807. The minimum Gasteiger partial charge on any atom is -0.465 e. The van der Waals surface area contributed by atoms with Crippen molar-refractivity contribution in [2.75, 3.05) is 19.7 Å². The summed E-state index contributed by atoms with van der Waals surface area (Å²) in [6, 6.07) is 0. The summed E-state index contributed by atoms with van der Waals surface area (Å²) in [5.41, 5.74) is 0. The molecule has 0 aliphatic carbocycles. The van der Waals surface area contributed by atoms with Gasteiger partial charge >= 0.3 is 5.97 Å². The third kappa shape index (κ3) is 2.42. The van der Waals surface area contributed by atoms with Crippen molar-refractivity contribution in [2.45, 2.75) is 19.4 Å². The average molecular weight is 187 g/mol. The standard InChI is InChI=1S/C8H13NO4/c1-2-13-7(11)5-9-4-3-6(10)8(9)12/h6,10H,2-5H2,1H3. The van der Waals surface area contributed by atoms with Gasteiger partial charge in [-0.1, -0.05) is 0 Å². The number of ether oxygens (including phenoxy) is 1. The number of carbonyl (C=O) groups is 2. The fraction of sp³-hybridized carbons (Fsp3) is 0.750. The van der Waals surface area contributed by atoms with Crippen LogP contribution in [0.2, 0.25) is 0 Å². The van der Waals surface area contributed by atoms with Crippen molar-refractivity contribution in [3.8, 4) is 0 Å². The summed E-state index contributed by atoms with van der Waals surface area (Å²) in [6.07, 6.45) is -0.535. The van der Waals surface area contributed by atoms with Crippen molar-refractivity contribution in [2.24, 2.45) is 0 Å². The van der Waals surface area contributed by atoms with E-state index >= 15 is 0 Å². The lowest BCUT2D eigenvalue weighted by Gasteiger charge is -2.13. The molecular weight excluding hydrogens is 174 g/mol. The Balaban J connectivity index is 2.38. The Morgan fingerprint density at radius 1 is 1.77 bits per heavy atom. The topological polar surface area (TPSA) is 66.8 Å². The van der Waals surface area contributed by atoms with Gasteiger partial charge < -0.3 is 14.7 Å². The van der Waals surface area contributed by atoms with Crippen LogP contribution >= 0.6 is 0 Å². The molecule has 1 atom stereocenters. The molecule has 0 spiro atoms. The molecule has 1 amide bonds. The molecule has 0 saturated carbocycles. The Kier molecular flexibility index (Phi) is 3.25. The third-order valence-electron chi connectivity index (χ3n) is 1.89. The SMILES string of the molecule is CCOC(=O)CN1CCC(O)C1=O. The number of likely N-dealkylation sites (tertiary alicyclic amines) is 1. The van der Waals surface area contributed by atoms with E-state index < -0.39 is 12.1 Å². The molecule has 13 heavy (non-hydrogen) atoms. The first-order chi connectivity index (χ1) is 6.15. The molecule has 1 heterocycles. The number of nitrogens with zero attached hydrogens (tertiary/aromatic N) is 1. The molecule has 5 nitrogen and oxygen atoms in total. The maximum Gasteiger partial charge on any atom is 0.325 e. The summed E-state index contributed by atoms with van der Waals surface area (Å²) in [7, 11) is 0. The van der Waals surface area contributed by atoms with E-state index in [2.05, 4.69) is 4.74 Å². The number of rotatable bonds is 3. The number of aliphatic hydroxyl groups excluding tert-OH is 1. The number of amides is 1. The van der Waals surface area contributed by atoms with Gasteiger partial charge in [0.2, 0.25) is 0 Å². The lowest BCUT2D eigenvalue weighted by molar-refractivity contribution is -0.148. The van der Waals surface area contributed by atoms with Crippen LogP contribution in [-0.2, 0) is 14.3 Å². The van der Waals surface area contributed by atoms with E-state index in [4.69, 9.17) is 5.11 Å². The molecule has 0 radical (unpaired) electrons. The zero-order valence-corrected chi connectivity index (χ0v) is 7.52. The number of esters is 1. The second-order valence-corrected chi connectivity index (χ2v) is 2.87. The zero-order chi connectivity index (χ0) is 9.84. The molecule has 1 rings (SSSR count). The van der Waals surface area contributed by atoms with E-state index in [-0.39, 0.29) is 12.5 Å². The molecule has 0 aromatic carbocycles. The lowest BCUT2D eigenvalue weighted by atomic mass is 10.3. The number of aliphatic hydroxyl groups is 1. The van der Waals surface area contributed by atoms with Crippen molar-refractivity contribution in [3.63, 3.8) is 0 Å². The molecular formula is C8H13NO4. The highest BCUT2D eigenvalue weighted by Gasteiger charge is 2.30. The molecule has 0 aromatic heterocycles. The van der Waals surface area contributed by atoms with E-state index in [9.17, 15) is 9.59 Å². The smallest absolute Gasteiger partial charge is 0.325 e. The van der Waals surface area contributed by atoms with Gasteiger partial charge in [0.1, 0.15) is 12.6 Å².